The maximum Gasteiger partial charge on any atom is 0.354 e. The molecule has 1 aromatic carbocycles. The minimum atomic E-state index is -0.804. The molecule has 7 nitrogen and oxygen atoms in total. The van der Waals surface area contributed by atoms with Crippen LogP contribution < -0.4 is 5.32 Å². The van der Waals surface area contributed by atoms with Gasteiger partial charge in [-0.1, -0.05) is 18.5 Å². The van der Waals surface area contributed by atoms with Crippen LogP contribution in [0.4, 0.5) is 14.9 Å². The Morgan fingerprint density at radius 1 is 1.29 bits per heavy atom. The first-order valence-corrected chi connectivity index (χ1v) is 10.2. The Balaban J connectivity index is 2.35. The topological polar surface area (TPSA) is 80.6 Å². The molecule has 31 heavy (non-hydrogen) atoms. The zero-order valence-corrected chi connectivity index (χ0v) is 19.3. The van der Waals surface area contributed by atoms with Crippen molar-refractivity contribution < 1.29 is 23.5 Å². The van der Waals surface area contributed by atoms with Crippen LogP contribution in [0.5, 0.6) is 0 Å². The van der Waals surface area contributed by atoms with Gasteiger partial charge in [-0.25, -0.2) is 14.0 Å². The second kappa shape index (κ2) is 9.96. The van der Waals surface area contributed by atoms with E-state index in [0.29, 0.717) is 41.2 Å². The van der Waals surface area contributed by atoms with E-state index in [9.17, 15) is 18.8 Å². The summed E-state index contributed by atoms with van der Waals surface area (Å²) < 4.78 is 19.8. The summed E-state index contributed by atoms with van der Waals surface area (Å²) in [6.45, 7) is 7.27. The maximum absolute atomic E-state index is 13.4. The van der Waals surface area contributed by atoms with Crippen LogP contribution in [-0.4, -0.2) is 46.9 Å². The molecule has 0 bridgehead atoms. The number of amides is 2. The Hall–Kier alpha value is -2.87. The molecule has 1 heterocycles. The molecule has 0 aliphatic rings. The van der Waals surface area contributed by atoms with Gasteiger partial charge in [-0.15, -0.1) is 0 Å². The molecule has 0 radical (unpaired) electrons. The molecule has 1 aromatic heterocycles. The van der Waals surface area contributed by atoms with Crippen molar-refractivity contribution in [2.75, 3.05) is 19.0 Å². The summed E-state index contributed by atoms with van der Waals surface area (Å²) in [6, 6.07) is 2.54. The number of methoxy groups -OCH3 is 1. The number of ether oxygens (including phenoxy) is 1. The third kappa shape index (κ3) is 4.90. The molecule has 0 aliphatic heterocycles. The van der Waals surface area contributed by atoms with Gasteiger partial charge < -0.3 is 19.5 Å². The van der Waals surface area contributed by atoms with Gasteiger partial charge in [0.15, 0.2) is 5.78 Å². The molecule has 0 saturated carbocycles. The van der Waals surface area contributed by atoms with E-state index in [2.05, 4.69) is 5.32 Å². The van der Waals surface area contributed by atoms with Gasteiger partial charge in [-0.3, -0.25) is 4.79 Å². The van der Waals surface area contributed by atoms with Crippen LogP contribution >= 0.6 is 11.6 Å². The Kier molecular flexibility index (Phi) is 7.84. The lowest BCUT2D eigenvalue weighted by atomic mass is 10.00. The molecule has 0 aliphatic carbocycles. The Bertz CT molecular complexity index is 1020. The fourth-order valence-corrected chi connectivity index (χ4v) is 3.74. The fourth-order valence-electron chi connectivity index (χ4n) is 3.56. The number of rotatable bonds is 7. The van der Waals surface area contributed by atoms with E-state index in [1.807, 2.05) is 6.92 Å². The molecule has 1 unspecified atom stereocenters. The molecular formula is C22H27ClFN3O4. The quantitative estimate of drug-likeness (QED) is 0.487. The van der Waals surface area contributed by atoms with Crippen LogP contribution in [0.3, 0.4) is 0 Å². The van der Waals surface area contributed by atoms with Crippen LogP contribution in [-0.2, 0) is 11.8 Å². The van der Waals surface area contributed by atoms with Crippen molar-refractivity contribution in [3.8, 4) is 0 Å². The minimum Gasteiger partial charge on any atom is -0.464 e. The average Bonchev–Trinajstić information content (AvgIpc) is 2.95. The summed E-state index contributed by atoms with van der Waals surface area (Å²) in [5.41, 5.74) is 2.11. The van der Waals surface area contributed by atoms with Crippen molar-refractivity contribution in [1.82, 2.24) is 9.47 Å². The van der Waals surface area contributed by atoms with Crippen molar-refractivity contribution in [2.24, 2.45) is 7.05 Å². The summed E-state index contributed by atoms with van der Waals surface area (Å²) in [4.78, 5) is 39.8. The lowest BCUT2D eigenvalue weighted by Gasteiger charge is -2.28. The zero-order chi connectivity index (χ0) is 23.5. The molecule has 1 N–H and O–H groups in total. The third-order valence-corrected chi connectivity index (χ3v) is 5.59. The van der Waals surface area contributed by atoms with Crippen molar-refractivity contribution >= 4 is 35.1 Å². The number of halogens is 2. The first-order chi connectivity index (χ1) is 14.5. The van der Waals surface area contributed by atoms with E-state index in [4.69, 9.17) is 16.3 Å². The monoisotopic (exact) mass is 451 g/mol. The minimum absolute atomic E-state index is 0.116. The predicted octanol–water partition coefficient (Wildman–Crippen LogP) is 4.74. The van der Waals surface area contributed by atoms with Gasteiger partial charge in [-0.2, -0.15) is 0 Å². The van der Waals surface area contributed by atoms with Crippen LogP contribution in [0, 0.1) is 19.7 Å². The molecule has 2 amide bonds. The maximum atomic E-state index is 13.4. The van der Waals surface area contributed by atoms with Crippen molar-refractivity contribution in [3.05, 3.63) is 51.6 Å². The van der Waals surface area contributed by atoms with E-state index in [0.717, 1.165) is 6.07 Å². The van der Waals surface area contributed by atoms with Gasteiger partial charge in [-0.05, 0) is 51.0 Å². The first-order valence-electron chi connectivity index (χ1n) is 9.86. The number of benzene rings is 1. The van der Waals surface area contributed by atoms with Gasteiger partial charge in [0.05, 0.1) is 18.2 Å². The molecule has 2 rings (SSSR count). The van der Waals surface area contributed by atoms with Gasteiger partial charge in [0.2, 0.25) is 0 Å². The van der Waals surface area contributed by atoms with Gasteiger partial charge >= 0.3 is 12.0 Å². The largest absolute Gasteiger partial charge is 0.464 e. The second-order valence-electron chi connectivity index (χ2n) is 7.28. The van der Waals surface area contributed by atoms with Crippen molar-refractivity contribution in [1.29, 1.82) is 0 Å². The van der Waals surface area contributed by atoms with Crippen molar-refractivity contribution in [2.45, 2.75) is 40.2 Å². The number of anilines is 1. The summed E-state index contributed by atoms with van der Waals surface area (Å²) in [5.74, 6) is -1.42. The number of hydrogen-bond donors (Lipinski definition) is 1. The number of nitrogens with one attached hydrogen (secondary N) is 1. The summed E-state index contributed by atoms with van der Waals surface area (Å²) in [5, 5.41) is 2.54. The molecule has 0 spiro atoms. The molecule has 1 atom stereocenters. The summed E-state index contributed by atoms with van der Waals surface area (Å²) in [6.07, 6.45) is 0.620. The van der Waals surface area contributed by atoms with E-state index in [1.54, 1.807) is 32.4 Å². The number of esters is 1. The molecular weight excluding hydrogens is 425 g/mol. The van der Waals surface area contributed by atoms with Gasteiger partial charge in [0.25, 0.3) is 0 Å². The van der Waals surface area contributed by atoms with E-state index in [1.165, 1.54) is 24.1 Å². The second-order valence-corrected chi connectivity index (χ2v) is 7.68. The number of Topliss-reactive ketones (excluding diaryl/α,β-unsaturated/α-hetero) is 1. The molecule has 9 heteroatoms. The number of nitrogens with zero attached hydrogens (tertiary/aromatic N) is 2. The highest BCUT2D eigenvalue weighted by molar-refractivity contribution is 6.31. The first kappa shape index (κ1) is 24.4. The average molecular weight is 452 g/mol. The number of urea groups is 1. The number of aromatic nitrogens is 1. The number of carbonyl (C=O) groups is 3. The highest BCUT2D eigenvalue weighted by atomic mass is 35.5. The van der Waals surface area contributed by atoms with Gasteiger partial charge in [0.1, 0.15) is 11.5 Å². The van der Waals surface area contributed by atoms with Crippen LogP contribution in [0.15, 0.2) is 18.2 Å². The SMILES string of the molecule is CCCN(C(=O)Nc1ccc(F)c(Cl)c1)C(C)C(=O)c1c(C)c(C(=O)OC)n(C)c1C. The number of carbonyl (C=O) groups excluding carboxylic acids is 3. The standard InChI is InChI=1S/C22H27ClFN3O4/c1-7-10-27(22(30)25-15-8-9-17(24)16(23)11-15)14(4)20(28)18-12(2)19(21(29)31-6)26(5)13(18)3/h8-9,11,14H,7,10H2,1-6H3,(H,25,30). The molecule has 0 fully saturated rings. The number of hydrogen-bond acceptors (Lipinski definition) is 4. The lowest BCUT2D eigenvalue weighted by Crippen LogP contribution is -2.46. The molecule has 0 saturated heterocycles. The van der Waals surface area contributed by atoms with Crippen LogP contribution in [0.1, 0.15) is 52.4 Å². The Labute approximate surface area is 186 Å². The summed E-state index contributed by atoms with van der Waals surface area (Å²) in [7, 11) is 2.97. The normalized spacial score (nSPS) is 11.7. The van der Waals surface area contributed by atoms with Crippen LogP contribution in [0.2, 0.25) is 5.02 Å². The smallest absolute Gasteiger partial charge is 0.354 e. The third-order valence-electron chi connectivity index (χ3n) is 5.30. The molecule has 2 aromatic rings. The van der Waals surface area contributed by atoms with Crippen LogP contribution in [0.25, 0.3) is 0 Å². The highest BCUT2D eigenvalue weighted by Gasteiger charge is 2.32. The van der Waals surface area contributed by atoms with E-state index < -0.39 is 23.9 Å². The van der Waals surface area contributed by atoms with E-state index >= 15 is 0 Å². The zero-order valence-electron chi connectivity index (χ0n) is 18.5. The lowest BCUT2D eigenvalue weighted by molar-refractivity contribution is 0.0588. The van der Waals surface area contributed by atoms with Crippen molar-refractivity contribution in [3.63, 3.8) is 0 Å². The highest BCUT2D eigenvalue weighted by Crippen LogP contribution is 2.25. The fraction of sp³-hybridized carbons (Fsp3) is 0.409. The summed E-state index contributed by atoms with van der Waals surface area (Å²) >= 11 is 5.79. The molecule has 168 valence electrons. The predicted molar refractivity (Wildman–Crippen MR) is 117 cm³/mol. The Morgan fingerprint density at radius 3 is 2.48 bits per heavy atom. The Morgan fingerprint density at radius 2 is 1.94 bits per heavy atom. The van der Waals surface area contributed by atoms with E-state index in [-0.39, 0.29) is 10.8 Å². The van der Waals surface area contributed by atoms with Gasteiger partial charge in [0, 0.05) is 30.5 Å². The number of ketones is 1.